The van der Waals surface area contributed by atoms with Gasteiger partial charge in [0.1, 0.15) is 0 Å². The third-order valence-electron chi connectivity index (χ3n) is 8.74. The monoisotopic (exact) mass is 494 g/mol. The summed E-state index contributed by atoms with van der Waals surface area (Å²) in [6.45, 7) is 10.1. The van der Waals surface area contributed by atoms with Gasteiger partial charge in [-0.1, -0.05) is 18.2 Å². The van der Waals surface area contributed by atoms with E-state index < -0.39 is 0 Å². The van der Waals surface area contributed by atoms with Crippen LogP contribution in [-0.4, -0.2) is 93.7 Å². The first-order valence-electron chi connectivity index (χ1n) is 13.8. The summed E-state index contributed by atoms with van der Waals surface area (Å²) in [5.74, 6) is 0.116. The Hall–Kier alpha value is -2.45. The Morgan fingerprint density at radius 3 is 2.53 bits per heavy atom. The molecule has 1 aromatic carbocycles. The molecule has 0 radical (unpaired) electrons. The molecular formula is C28H42N6O2. The molecule has 36 heavy (non-hydrogen) atoms. The van der Waals surface area contributed by atoms with E-state index in [1.165, 1.54) is 12.8 Å². The van der Waals surface area contributed by atoms with E-state index in [0.717, 1.165) is 62.8 Å². The summed E-state index contributed by atoms with van der Waals surface area (Å²) in [6.07, 6.45) is 6.73. The maximum Gasteiger partial charge on any atom is 0.272 e. The van der Waals surface area contributed by atoms with Gasteiger partial charge in [0.05, 0.1) is 5.52 Å². The van der Waals surface area contributed by atoms with E-state index in [1.54, 1.807) is 6.92 Å². The van der Waals surface area contributed by atoms with E-state index in [4.69, 9.17) is 5.10 Å². The number of fused-ring (bicyclic) bond motifs is 3. The number of piperidine rings is 2. The van der Waals surface area contributed by atoms with Gasteiger partial charge >= 0.3 is 0 Å². The van der Waals surface area contributed by atoms with Crippen molar-refractivity contribution < 1.29 is 9.59 Å². The zero-order valence-electron chi connectivity index (χ0n) is 22.3. The lowest BCUT2D eigenvalue weighted by atomic mass is 9.96. The van der Waals surface area contributed by atoms with Crippen LogP contribution in [0.4, 0.5) is 0 Å². The predicted molar refractivity (Wildman–Crippen MR) is 142 cm³/mol. The molecule has 2 aromatic rings. The maximum atomic E-state index is 13.3. The van der Waals surface area contributed by atoms with Crippen molar-refractivity contribution in [3.63, 3.8) is 0 Å². The van der Waals surface area contributed by atoms with Crippen LogP contribution in [0.1, 0.15) is 75.8 Å². The summed E-state index contributed by atoms with van der Waals surface area (Å²) in [5.41, 5.74) is 1.56. The lowest BCUT2D eigenvalue weighted by molar-refractivity contribution is -0.130. The number of carbonyl (C=O) groups is 2. The highest BCUT2D eigenvalue weighted by Gasteiger charge is 2.41. The number of hydrogen-bond donors (Lipinski definition) is 1. The number of para-hydroxylation sites is 1. The summed E-state index contributed by atoms with van der Waals surface area (Å²) in [7, 11) is 1.94. The molecule has 1 N–H and O–H groups in total. The first-order chi connectivity index (χ1) is 17.3. The summed E-state index contributed by atoms with van der Waals surface area (Å²) < 4.78 is 1.95. The van der Waals surface area contributed by atoms with Crippen LogP contribution in [0.3, 0.4) is 0 Å². The van der Waals surface area contributed by atoms with Gasteiger partial charge in [0, 0.05) is 69.2 Å². The van der Waals surface area contributed by atoms with E-state index in [-0.39, 0.29) is 23.9 Å². The molecule has 0 spiro atoms. The minimum absolute atomic E-state index is 0.0441. The highest BCUT2D eigenvalue weighted by atomic mass is 16.2. The number of carbonyl (C=O) groups excluding carboxylic acids is 2. The van der Waals surface area contributed by atoms with Crippen molar-refractivity contribution in [1.29, 1.82) is 0 Å². The van der Waals surface area contributed by atoms with E-state index in [0.29, 0.717) is 23.8 Å². The molecule has 196 valence electrons. The second kappa shape index (κ2) is 10.5. The van der Waals surface area contributed by atoms with Crippen LogP contribution in [0.15, 0.2) is 24.3 Å². The van der Waals surface area contributed by atoms with Gasteiger partial charge in [0.2, 0.25) is 5.91 Å². The molecule has 8 nitrogen and oxygen atoms in total. The largest absolute Gasteiger partial charge is 0.348 e. The van der Waals surface area contributed by atoms with Crippen molar-refractivity contribution in [2.24, 2.45) is 0 Å². The number of nitrogens with zero attached hydrogens (tertiary/aromatic N) is 5. The summed E-state index contributed by atoms with van der Waals surface area (Å²) in [5, 5.41) is 8.97. The molecule has 0 saturated carbocycles. The van der Waals surface area contributed by atoms with Crippen LogP contribution < -0.4 is 5.32 Å². The van der Waals surface area contributed by atoms with Crippen molar-refractivity contribution >= 4 is 22.7 Å². The van der Waals surface area contributed by atoms with Gasteiger partial charge in [-0.3, -0.25) is 19.2 Å². The summed E-state index contributed by atoms with van der Waals surface area (Å²) in [6, 6.07) is 9.85. The second-order valence-corrected chi connectivity index (χ2v) is 11.4. The first kappa shape index (κ1) is 25.2. The Balaban J connectivity index is 1.17. The van der Waals surface area contributed by atoms with Crippen molar-refractivity contribution in [3.8, 4) is 0 Å². The zero-order chi connectivity index (χ0) is 25.4. The molecular weight excluding hydrogens is 452 g/mol. The highest BCUT2D eigenvalue weighted by Crippen LogP contribution is 2.36. The Bertz CT molecular complexity index is 1080. The van der Waals surface area contributed by atoms with E-state index >= 15 is 0 Å². The molecule has 3 aliphatic heterocycles. The highest BCUT2D eigenvalue weighted by molar-refractivity contribution is 6.05. The second-order valence-electron chi connectivity index (χ2n) is 11.4. The van der Waals surface area contributed by atoms with Crippen LogP contribution in [0.5, 0.6) is 0 Å². The number of likely N-dealkylation sites (tertiary alicyclic amines) is 1. The molecule has 5 rings (SSSR count). The number of benzene rings is 1. The van der Waals surface area contributed by atoms with E-state index in [9.17, 15) is 9.59 Å². The SMILES string of the molecule is CC(=O)N(C)C1CCCN(CCN2C3CCC2CC(NC(=O)c2nn(C(C)C)c4ccccc24)C3)C1. The van der Waals surface area contributed by atoms with Crippen LogP contribution in [0, 0.1) is 0 Å². The van der Waals surface area contributed by atoms with Crippen molar-refractivity contribution in [1.82, 2.24) is 29.8 Å². The van der Waals surface area contributed by atoms with Crippen molar-refractivity contribution in [3.05, 3.63) is 30.0 Å². The van der Waals surface area contributed by atoms with Crippen LogP contribution >= 0.6 is 0 Å². The lowest BCUT2D eigenvalue weighted by Gasteiger charge is -2.42. The normalized spacial score (nSPS) is 27.0. The van der Waals surface area contributed by atoms with E-state index in [2.05, 4.69) is 29.0 Å². The van der Waals surface area contributed by atoms with Gasteiger partial charge in [0.25, 0.3) is 5.91 Å². The van der Waals surface area contributed by atoms with Gasteiger partial charge < -0.3 is 15.1 Å². The Morgan fingerprint density at radius 2 is 1.83 bits per heavy atom. The fourth-order valence-corrected chi connectivity index (χ4v) is 6.73. The molecule has 2 amide bonds. The molecule has 1 aromatic heterocycles. The zero-order valence-corrected chi connectivity index (χ0v) is 22.3. The average Bonchev–Trinajstić information content (AvgIpc) is 3.37. The van der Waals surface area contributed by atoms with E-state index in [1.807, 2.05) is 40.9 Å². The third kappa shape index (κ3) is 5.02. The topological polar surface area (TPSA) is 73.7 Å². The molecule has 3 fully saturated rings. The molecule has 8 heteroatoms. The number of nitrogens with one attached hydrogen (secondary N) is 1. The fraction of sp³-hybridized carbons (Fsp3) is 0.679. The van der Waals surface area contributed by atoms with Gasteiger partial charge in [0.15, 0.2) is 5.69 Å². The van der Waals surface area contributed by atoms with Crippen LogP contribution in [0.25, 0.3) is 10.9 Å². The first-order valence-corrected chi connectivity index (χ1v) is 13.8. The minimum atomic E-state index is -0.0441. The van der Waals surface area contributed by atoms with Gasteiger partial charge in [-0.25, -0.2) is 0 Å². The number of likely N-dealkylation sites (N-methyl/N-ethyl adjacent to an activating group) is 1. The molecule has 2 bridgehead atoms. The van der Waals surface area contributed by atoms with Gasteiger partial charge in [-0.2, -0.15) is 5.10 Å². The summed E-state index contributed by atoms with van der Waals surface area (Å²) in [4.78, 5) is 32.3. The van der Waals surface area contributed by atoms with Gasteiger partial charge in [-0.15, -0.1) is 0 Å². The lowest BCUT2D eigenvalue weighted by Crippen LogP contribution is -2.53. The number of amides is 2. The quantitative estimate of drug-likeness (QED) is 0.640. The molecule has 4 heterocycles. The molecule has 3 aliphatic rings. The van der Waals surface area contributed by atoms with Crippen molar-refractivity contribution in [2.45, 2.75) is 89.5 Å². The van der Waals surface area contributed by atoms with Crippen LogP contribution in [0.2, 0.25) is 0 Å². The fourth-order valence-electron chi connectivity index (χ4n) is 6.73. The third-order valence-corrected chi connectivity index (χ3v) is 8.74. The minimum Gasteiger partial charge on any atom is -0.348 e. The van der Waals surface area contributed by atoms with Crippen LogP contribution in [-0.2, 0) is 4.79 Å². The van der Waals surface area contributed by atoms with Crippen molar-refractivity contribution in [2.75, 3.05) is 33.2 Å². The Morgan fingerprint density at radius 1 is 1.11 bits per heavy atom. The molecule has 3 saturated heterocycles. The number of rotatable bonds is 7. The number of aromatic nitrogens is 2. The van der Waals surface area contributed by atoms with Gasteiger partial charge in [-0.05, 0) is 65.0 Å². The average molecular weight is 495 g/mol. The Kier molecular flexibility index (Phi) is 7.35. The maximum absolute atomic E-state index is 13.3. The Labute approximate surface area is 215 Å². The molecule has 3 atom stereocenters. The molecule has 0 aliphatic carbocycles. The standard InChI is InChI=1S/C28H42N6O2/c1-19(2)34-26-10-6-5-9-25(26)27(30-34)28(36)29-21-16-22-11-12-23(17-21)33(22)15-14-32-13-7-8-24(18-32)31(4)20(3)35/h5-6,9-10,19,21-24H,7-8,11-18H2,1-4H3,(H,29,36). The number of hydrogen-bond acceptors (Lipinski definition) is 5. The summed E-state index contributed by atoms with van der Waals surface area (Å²) >= 11 is 0. The smallest absolute Gasteiger partial charge is 0.272 e. The predicted octanol–water partition coefficient (Wildman–Crippen LogP) is 3.29. The molecule has 3 unspecified atom stereocenters.